The SMILES string of the molecule is Cc1cc2c(-c3ccccc3C)noc2cc1NC(=O)c1cc(I)cc(I)c1C1CC1. The van der Waals surface area contributed by atoms with Gasteiger partial charge in [-0.1, -0.05) is 29.4 Å². The summed E-state index contributed by atoms with van der Waals surface area (Å²) in [6.07, 6.45) is 2.31. The number of nitrogens with zero attached hydrogens (tertiary/aromatic N) is 1. The van der Waals surface area contributed by atoms with Crippen LogP contribution in [0.4, 0.5) is 5.69 Å². The molecule has 1 aliphatic rings. The number of amides is 1. The number of rotatable bonds is 4. The normalized spacial score (nSPS) is 13.5. The van der Waals surface area contributed by atoms with Crippen LogP contribution in [0.25, 0.3) is 22.2 Å². The molecule has 6 heteroatoms. The molecule has 1 saturated carbocycles. The van der Waals surface area contributed by atoms with Gasteiger partial charge in [0, 0.05) is 30.0 Å². The number of hydrogen-bond donors (Lipinski definition) is 1. The van der Waals surface area contributed by atoms with Gasteiger partial charge in [-0.2, -0.15) is 0 Å². The average Bonchev–Trinajstić information content (AvgIpc) is 3.48. The van der Waals surface area contributed by atoms with Gasteiger partial charge in [-0.15, -0.1) is 0 Å². The van der Waals surface area contributed by atoms with Gasteiger partial charge in [0.2, 0.25) is 0 Å². The molecule has 0 atom stereocenters. The molecule has 0 bridgehead atoms. The summed E-state index contributed by atoms with van der Waals surface area (Å²) in [7, 11) is 0. The van der Waals surface area contributed by atoms with Crippen molar-refractivity contribution >= 4 is 67.7 Å². The van der Waals surface area contributed by atoms with Crippen molar-refractivity contribution in [1.82, 2.24) is 5.16 Å². The van der Waals surface area contributed by atoms with Crippen LogP contribution < -0.4 is 5.32 Å². The first-order chi connectivity index (χ1) is 14.9. The topological polar surface area (TPSA) is 55.1 Å². The fourth-order valence-corrected chi connectivity index (χ4v) is 6.29. The van der Waals surface area contributed by atoms with E-state index in [-0.39, 0.29) is 5.91 Å². The Hall–Kier alpha value is -1.94. The number of fused-ring (bicyclic) bond motifs is 1. The van der Waals surface area contributed by atoms with Crippen molar-refractivity contribution in [1.29, 1.82) is 0 Å². The van der Waals surface area contributed by atoms with Crippen molar-refractivity contribution in [2.24, 2.45) is 0 Å². The smallest absolute Gasteiger partial charge is 0.256 e. The fourth-order valence-electron chi connectivity index (χ4n) is 4.01. The summed E-state index contributed by atoms with van der Waals surface area (Å²) in [5.74, 6) is 0.429. The molecule has 1 heterocycles. The molecule has 1 amide bonds. The second kappa shape index (κ2) is 8.20. The lowest BCUT2D eigenvalue weighted by Gasteiger charge is -2.14. The Kier molecular flexibility index (Phi) is 5.54. The zero-order valence-electron chi connectivity index (χ0n) is 17.1. The Balaban J connectivity index is 1.52. The molecule has 1 fully saturated rings. The number of halogens is 2. The summed E-state index contributed by atoms with van der Waals surface area (Å²) in [5, 5.41) is 8.40. The molecule has 4 aromatic rings. The van der Waals surface area contributed by atoms with Gasteiger partial charge >= 0.3 is 0 Å². The lowest BCUT2D eigenvalue weighted by molar-refractivity contribution is 0.102. The average molecular weight is 634 g/mol. The minimum absolute atomic E-state index is 0.0700. The first-order valence-corrected chi connectivity index (χ1v) is 12.3. The van der Waals surface area contributed by atoms with E-state index in [0.29, 0.717) is 11.5 Å². The first kappa shape index (κ1) is 20.9. The molecule has 156 valence electrons. The predicted octanol–water partition coefficient (Wildman–Crippen LogP) is 7.45. The Bertz CT molecular complexity index is 1340. The van der Waals surface area contributed by atoms with Crippen LogP contribution in [-0.2, 0) is 0 Å². The van der Waals surface area contributed by atoms with Crippen molar-refractivity contribution in [3.05, 3.63) is 77.9 Å². The highest BCUT2D eigenvalue weighted by Crippen LogP contribution is 2.44. The standard InChI is InChI=1S/C25H20I2N2O2/c1-13-5-3-4-6-17(13)24-18-9-14(2)21(12-22(18)31-29-24)28-25(30)19-10-16(26)11-20(27)23(19)15-7-8-15/h3-6,9-12,15H,7-8H2,1-2H3,(H,28,30). The summed E-state index contributed by atoms with van der Waals surface area (Å²) in [6.45, 7) is 4.07. The van der Waals surface area contributed by atoms with Crippen LogP contribution >= 0.6 is 45.2 Å². The van der Waals surface area contributed by atoms with Crippen molar-refractivity contribution in [3.8, 4) is 11.3 Å². The van der Waals surface area contributed by atoms with Gasteiger partial charge in [0.25, 0.3) is 5.91 Å². The number of benzene rings is 3. The third kappa shape index (κ3) is 4.00. The van der Waals surface area contributed by atoms with E-state index in [1.165, 1.54) is 9.13 Å². The number of aromatic nitrogens is 1. The molecule has 0 spiro atoms. The lowest BCUT2D eigenvalue weighted by Crippen LogP contribution is -2.16. The van der Waals surface area contributed by atoms with E-state index in [4.69, 9.17) is 4.52 Å². The molecule has 31 heavy (non-hydrogen) atoms. The highest BCUT2D eigenvalue weighted by molar-refractivity contribution is 14.1. The van der Waals surface area contributed by atoms with Gasteiger partial charge in [-0.05, 0) is 113 Å². The maximum absolute atomic E-state index is 13.3. The van der Waals surface area contributed by atoms with E-state index < -0.39 is 0 Å². The Morgan fingerprint density at radius 2 is 1.84 bits per heavy atom. The van der Waals surface area contributed by atoms with E-state index in [1.54, 1.807) is 0 Å². The molecule has 0 radical (unpaired) electrons. The lowest BCUT2D eigenvalue weighted by atomic mass is 10.0. The van der Waals surface area contributed by atoms with E-state index in [2.05, 4.69) is 80.8 Å². The summed E-state index contributed by atoms with van der Waals surface area (Å²) in [6, 6.07) is 16.2. The molecule has 5 rings (SSSR count). The zero-order chi connectivity index (χ0) is 21.7. The number of anilines is 1. The number of hydrogen-bond acceptors (Lipinski definition) is 3. The predicted molar refractivity (Wildman–Crippen MR) is 141 cm³/mol. The molecule has 0 aliphatic heterocycles. The van der Waals surface area contributed by atoms with E-state index in [1.807, 2.05) is 37.3 Å². The third-order valence-electron chi connectivity index (χ3n) is 5.79. The minimum Gasteiger partial charge on any atom is -0.356 e. The first-order valence-electron chi connectivity index (χ1n) is 10.2. The zero-order valence-corrected chi connectivity index (χ0v) is 21.4. The van der Waals surface area contributed by atoms with Crippen LogP contribution in [0, 0.1) is 21.0 Å². The number of aryl methyl sites for hydroxylation is 2. The van der Waals surface area contributed by atoms with Gasteiger partial charge in [0.15, 0.2) is 5.58 Å². The van der Waals surface area contributed by atoms with Crippen molar-refractivity contribution in [3.63, 3.8) is 0 Å². The summed E-state index contributed by atoms with van der Waals surface area (Å²) in [4.78, 5) is 13.3. The Morgan fingerprint density at radius 1 is 1.06 bits per heavy atom. The highest BCUT2D eigenvalue weighted by Gasteiger charge is 2.30. The second-order valence-electron chi connectivity index (χ2n) is 8.09. The summed E-state index contributed by atoms with van der Waals surface area (Å²) in [5.41, 5.74) is 7.38. The van der Waals surface area contributed by atoms with E-state index >= 15 is 0 Å². The van der Waals surface area contributed by atoms with E-state index in [0.717, 1.165) is 55.4 Å². The van der Waals surface area contributed by atoms with Crippen LogP contribution in [0.2, 0.25) is 0 Å². The van der Waals surface area contributed by atoms with Crippen LogP contribution in [-0.4, -0.2) is 11.1 Å². The molecule has 1 aliphatic carbocycles. The fraction of sp³-hybridized carbons (Fsp3) is 0.200. The van der Waals surface area contributed by atoms with Gasteiger partial charge in [0.1, 0.15) is 5.69 Å². The summed E-state index contributed by atoms with van der Waals surface area (Å²) < 4.78 is 7.89. The molecule has 4 nitrogen and oxygen atoms in total. The van der Waals surface area contributed by atoms with Gasteiger partial charge < -0.3 is 9.84 Å². The van der Waals surface area contributed by atoms with Crippen LogP contribution in [0.5, 0.6) is 0 Å². The summed E-state index contributed by atoms with van der Waals surface area (Å²) >= 11 is 4.63. The van der Waals surface area contributed by atoms with Gasteiger partial charge in [-0.25, -0.2) is 0 Å². The maximum atomic E-state index is 13.3. The van der Waals surface area contributed by atoms with Crippen LogP contribution in [0.15, 0.2) is 53.1 Å². The Morgan fingerprint density at radius 3 is 2.58 bits per heavy atom. The quantitative estimate of drug-likeness (QED) is 0.238. The van der Waals surface area contributed by atoms with Gasteiger partial charge in [-0.3, -0.25) is 4.79 Å². The molecule has 0 unspecified atom stereocenters. The molecule has 1 N–H and O–H groups in total. The molecule has 3 aromatic carbocycles. The van der Waals surface area contributed by atoms with Crippen molar-refractivity contribution in [2.75, 3.05) is 5.32 Å². The van der Waals surface area contributed by atoms with Crippen molar-refractivity contribution < 1.29 is 9.32 Å². The highest BCUT2D eigenvalue weighted by atomic mass is 127. The monoisotopic (exact) mass is 634 g/mol. The largest absolute Gasteiger partial charge is 0.356 e. The molecule has 1 aromatic heterocycles. The molecular weight excluding hydrogens is 614 g/mol. The minimum atomic E-state index is -0.0700. The molecule has 0 saturated heterocycles. The number of nitrogens with one attached hydrogen (secondary N) is 1. The Labute approximate surface area is 208 Å². The van der Waals surface area contributed by atoms with Crippen LogP contribution in [0.3, 0.4) is 0 Å². The van der Waals surface area contributed by atoms with Crippen molar-refractivity contribution in [2.45, 2.75) is 32.6 Å². The number of carbonyl (C=O) groups is 1. The van der Waals surface area contributed by atoms with Gasteiger partial charge in [0.05, 0.1) is 5.39 Å². The maximum Gasteiger partial charge on any atom is 0.256 e. The number of carbonyl (C=O) groups excluding carboxylic acids is 1. The van der Waals surface area contributed by atoms with E-state index in [9.17, 15) is 4.79 Å². The van der Waals surface area contributed by atoms with Crippen LogP contribution in [0.1, 0.15) is 45.8 Å². The third-order valence-corrected chi connectivity index (χ3v) is 7.31. The second-order valence-corrected chi connectivity index (χ2v) is 10.5. The molecular formula is C25H20I2N2O2.